The molecule has 0 saturated heterocycles. The predicted molar refractivity (Wildman–Crippen MR) is 87.3 cm³/mol. The number of hydrogen-bond donors (Lipinski definition) is 1. The zero-order valence-corrected chi connectivity index (χ0v) is 12.6. The second-order valence-corrected chi connectivity index (χ2v) is 5.72. The largest absolute Gasteiger partial charge is 0.457 e. The van der Waals surface area contributed by atoms with Crippen LogP contribution in [-0.4, -0.2) is 11.9 Å². The lowest BCUT2D eigenvalue weighted by Crippen LogP contribution is -2.36. The number of rotatable bonds is 4. The molecule has 1 N–H and O–H groups in total. The van der Waals surface area contributed by atoms with Crippen LogP contribution in [0.1, 0.15) is 42.5 Å². The molecule has 0 radical (unpaired) electrons. The van der Waals surface area contributed by atoms with Crippen LogP contribution < -0.4 is 10.1 Å². The molecule has 1 aliphatic carbocycles. The highest BCUT2D eigenvalue weighted by Gasteiger charge is 2.19. The van der Waals surface area contributed by atoms with Gasteiger partial charge in [-0.25, -0.2) is 0 Å². The number of carbonyl (C=O) groups is 1. The molecule has 3 heteroatoms. The van der Waals surface area contributed by atoms with Gasteiger partial charge >= 0.3 is 0 Å². The maximum absolute atomic E-state index is 12.5. The lowest BCUT2D eigenvalue weighted by molar-refractivity contribution is 0.0925. The molecule has 114 valence electrons. The molecule has 1 fully saturated rings. The molecule has 1 amide bonds. The van der Waals surface area contributed by atoms with Crippen molar-refractivity contribution >= 4 is 5.91 Å². The second kappa shape index (κ2) is 7.12. The van der Waals surface area contributed by atoms with E-state index in [1.807, 2.05) is 54.6 Å². The fraction of sp³-hybridized carbons (Fsp3) is 0.316. The summed E-state index contributed by atoms with van der Waals surface area (Å²) in [5.74, 6) is 1.29. The molecular formula is C19H21NO2. The van der Waals surface area contributed by atoms with E-state index in [0.29, 0.717) is 17.4 Å². The van der Waals surface area contributed by atoms with Crippen molar-refractivity contribution in [3.8, 4) is 11.5 Å². The number of nitrogens with one attached hydrogen (secondary N) is 1. The highest BCUT2D eigenvalue weighted by Crippen LogP contribution is 2.25. The molecule has 0 aliphatic heterocycles. The van der Waals surface area contributed by atoms with E-state index in [1.54, 1.807) is 0 Å². The topological polar surface area (TPSA) is 38.3 Å². The van der Waals surface area contributed by atoms with Crippen molar-refractivity contribution in [2.75, 3.05) is 0 Å². The van der Waals surface area contributed by atoms with Crippen molar-refractivity contribution in [1.82, 2.24) is 5.32 Å². The minimum absolute atomic E-state index is 0.0431. The van der Waals surface area contributed by atoms with Gasteiger partial charge in [-0.05, 0) is 37.1 Å². The molecule has 0 spiro atoms. The quantitative estimate of drug-likeness (QED) is 0.899. The fourth-order valence-corrected chi connectivity index (χ4v) is 2.87. The molecule has 0 heterocycles. The van der Waals surface area contributed by atoms with Crippen LogP contribution in [0.2, 0.25) is 0 Å². The summed E-state index contributed by atoms with van der Waals surface area (Å²) in [6.45, 7) is 0. The predicted octanol–water partition coefficient (Wildman–Crippen LogP) is 4.54. The summed E-state index contributed by atoms with van der Waals surface area (Å²) in [7, 11) is 0. The van der Waals surface area contributed by atoms with E-state index >= 15 is 0 Å². The van der Waals surface area contributed by atoms with E-state index in [0.717, 1.165) is 18.6 Å². The Morgan fingerprint density at radius 3 is 2.36 bits per heavy atom. The van der Waals surface area contributed by atoms with Gasteiger partial charge in [-0.15, -0.1) is 0 Å². The third-order valence-corrected chi connectivity index (χ3v) is 4.04. The van der Waals surface area contributed by atoms with Gasteiger partial charge in [0.25, 0.3) is 5.91 Å². The van der Waals surface area contributed by atoms with Crippen LogP contribution in [0.5, 0.6) is 11.5 Å². The molecule has 0 unspecified atom stereocenters. The van der Waals surface area contributed by atoms with Crippen molar-refractivity contribution in [1.29, 1.82) is 0 Å². The van der Waals surface area contributed by atoms with Gasteiger partial charge in [0.1, 0.15) is 11.5 Å². The number of ether oxygens (including phenoxy) is 1. The molecule has 3 rings (SSSR count). The molecule has 0 aromatic heterocycles. The van der Waals surface area contributed by atoms with E-state index in [1.165, 1.54) is 19.3 Å². The normalized spacial score (nSPS) is 15.3. The second-order valence-electron chi connectivity index (χ2n) is 5.72. The van der Waals surface area contributed by atoms with Crippen LogP contribution in [0.15, 0.2) is 54.6 Å². The standard InChI is InChI=1S/C19H21NO2/c21-19(20-15-9-3-1-4-10-15)17-13-7-8-14-18(17)22-16-11-5-2-6-12-16/h2,5-8,11-15H,1,3-4,9-10H2,(H,20,21). The Labute approximate surface area is 131 Å². The first-order valence-electron chi connectivity index (χ1n) is 7.96. The number of hydrogen-bond acceptors (Lipinski definition) is 2. The molecule has 0 atom stereocenters. The molecule has 0 bridgehead atoms. The van der Waals surface area contributed by atoms with Crippen LogP contribution >= 0.6 is 0 Å². The maximum atomic E-state index is 12.5. The Balaban J connectivity index is 1.74. The Hall–Kier alpha value is -2.29. The lowest BCUT2D eigenvalue weighted by Gasteiger charge is -2.23. The first-order valence-corrected chi connectivity index (χ1v) is 7.96. The minimum atomic E-state index is -0.0431. The molecule has 22 heavy (non-hydrogen) atoms. The molecular weight excluding hydrogens is 274 g/mol. The van der Waals surface area contributed by atoms with Gasteiger partial charge in [0.05, 0.1) is 5.56 Å². The summed E-state index contributed by atoms with van der Waals surface area (Å²) in [5.41, 5.74) is 0.594. The highest BCUT2D eigenvalue weighted by atomic mass is 16.5. The summed E-state index contributed by atoms with van der Waals surface area (Å²) in [6.07, 6.45) is 5.83. The first kappa shape index (κ1) is 14.6. The summed E-state index contributed by atoms with van der Waals surface area (Å²) in [5, 5.41) is 3.14. The van der Waals surface area contributed by atoms with Crippen LogP contribution in [-0.2, 0) is 0 Å². The third kappa shape index (κ3) is 3.67. The van der Waals surface area contributed by atoms with Gasteiger partial charge in [0.15, 0.2) is 0 Å². The molecule has 3 nitrogen and oxygen atoms in total. The average Bonchev–Trinajstić information content (AvgIpc) is 2.57. The zero-order valence-electron chi connectivity index (χ0n) is 12.6. The Bertz CT molecular complexity index is 618. The lowest BCUT2D eigenvalue weighted by atomic mass is 9.95. The number of amides is 1. The molecule has 1 aliphatic rings. The Kier molecular flexibility index (Phi) is 4.74. The summed E-state index contributed by atoms with van der Waals surface area (Å²) < 4.78 is 5.86. The SMILES string of the molecule is O=C(NC1CCCCC1)c1ccccc1Oc1ccccc1. The van der Waals surface area contributed by atoms with E-state index in [2.05, 4.69) is 5.32 Å². The van der Waals surface area contributed by atoms with Gasteiger partial charge in [-0.2, -0.15) is 0 Å². The molecule has 2 aromatic carbocycles. The van der Waals surface area contributed by atoms with Gasteiger partial charge in [0, 0.05) is 6.04 Å². The van der Waals surface area contributed by atoms with Crippen molar-refractivity contribution in [2.45, 2.75) is 38.1 Å². The number of benzene rings is 2. The minimum Gasteiger partial charge on any atom is -0.457 e. The van der Waals surface area contributed by atoms with Crippen LogP contribution in [0.25, 0.3) is 0 Å². The zero-order chi connectivity index (χ0) is 15.2. The number of para-hydroxylation sites is 2. The van der Waals surface area contributed by atoms with E-state index in [4.69, 9.17) is 4.74 Å². The van der Waals surface area contributed by atoms with E-state index in [9.17, 15) is 4.79 Å². The Morgan fingerprint density at radius 2 is 1.59 bits per heavy atom. The van der Waals surface area contributed by atoms with E-state index in [-0.39, 0.29) is 5.91 Å². The average molecular weight is 295 g/mol. The van der Waals surface area contributed by atoms with Crippen molar-refractivity contribution in [2.24, 2.45) is 0 Å². The molecule has 2 aromatic rings. The highest BCUT2D eigenvalue weighted by molar-refractivity contribution is 5.97. The summed E-state index contributed by atoms with van der Waals surface area (Å²) >= 11 is 0. The summed E-state index contributed by atoms with van der Waals surface area (Å²) in [6, 6.07) is 17.2. The van der Waals surface area contributed by atoms with Crippen molar-refractivity contribution in [3.63, 3.8) is 0 Å². The third-order valence-electron chi connectivity index (χ3n) is 4.04. The van der Waals surface area contributed by atoms with Crippen molar-refractivity contribution < 1.29 is 9.53 Å². The number of carbonyl (C=O) groups excluding carboxylic acids is 1. The van der Waals surface area contributed by atoms with Crippen LogP contribution in [0.4, 0.5) is 0 Å². The van der Waals surface area contributed by atoms with Gasteiger partial charge in [0.2, 0.25) is 0 Å². The molecule has 1 saturated carbocycles. The van der Waals surface area contributed by atoms with Gasteiger partial charge in [-0.3, -0.25) is 4.79 Å². The summed E-state index contributed by atoms with van der Waals surface area (Å²) in [4.78, 5) is 12.5. The monoisotopic (exact) mass is 295 g/mol. The fourth-order valence-electron chi connectivity index (χ4n) is 2.87. The smallest absolute Gasteiger partial charge is 0.255 e. The van der Waals surface area contributed by atoms with Crippen LogP contribution in [0, 0.1) is 0 Å². The van der Waals surface area contributed by atoms with Crippen LogP contribution in [0.3, 0.4) is 0 Å². The first-order chi connectivity index (χ1) is 10.8. The van der Waals surface area contributed by atoms with Gasteiger partial charge in [-0.1, -0.05) is 49.6 Å². The Morgan fingerprint density at radius 1 is 0.909 bits per heavy atom. The van der Waals surface area contributed by atoms with Crippen molar-refractivity contribution in [3.05, 3.63) is 60.2 Å². The van der Waals surface area contributed by atoms with Gasteiger partial charge < -0.3 is 10.1 Å². The maximum Gasteiger partial charge on any atom is 0.255 e. The van der Waals surface area contributed by atoms with E-state index < -0.39 is 0 Å².